The largest absolute Gasteiger partial charge is 0.394 e. The summed E-state index contributed by atoms with van der Waals surface area (Å²) in [4.78, 5) is 25.2. The number of carbonyl (C=O) groups is 2. The van der Waals surface area contributed by atoms with E-state index >= 15 is 0 Å². The highest BCUT2D eigenvalue weighted by molar-refractivity contribution is 6.07. The second-order valence-corrected chi connectivity index (χ2v) is 4.57. The summed E-state index contributed by atoms with van der Waals surface area (Å²) in [5.41, 5.74) is 0. The van der Waals surface area contributed by atoms with Gasteiger partial charge in [0.2, 0.25) is 11.8 Å². The Morgan fingerprint density at radius 1 is 1.12 bits per heavy atom. The Kier molecular flexibility index (Phi) is 2.32. The summed E-state index contributed by atoms with van der Waals surface area (Å²) in [6, 6.07) is -0.833. The number of amides is 2. The van der Waals surface area contributed by atoms with Crippen molar-refractivity contribution in [1.82, 2.24) is 4.90 Å². The van der Waals surface area contributed by atoms with E-state index in [9.17, 15) is 9.59 Å². The van der Waals surface area contributed by atoms with Gasteiger partial charge in [0.05, 0.1) is 43.3 Å². The van der Waals surface area contributed by atoms with Crippen LogP contribution in [0.1, 0.15) is 0 Å². The van der Waals surface area contributed by atoms with E-state index < -0.39 is 31.1 Å². The van der Waals surface area contributed by atoms with E-state index in [1.807, 2.05) is 0 Å². The lowest BCUT2D eigenvalue weighted by Gasteiger charge is -2.24. The highest BCUT2D eigenvalue weighted by Gasteiger charge is 2.61. The molecule has 3 heterocycles. The topological polar surface area (TPSA) is 87.1 Å². The first-order valence-corrected chi connectivity index (χ1v) is 5.61. The lowest BCUT2D eigenvalue weighted by atomic mass is 9.85. The zero-order valence-electron chi connectivity index (χ0n) is 9.02. The fourth-order valence-electron chi connectivity index (χ4n) is 2.91. The van der Waals surface area contributed by atoms with Crippen LogP contribution >= 0.6 is 0 Å². The Morgan fingerprint density at radius 3 is 2.00 bits per heavy atom. The third-order valence-corrected chi connectivity index (χ3v) is 3.73. The Balaban J connectivity index is 1.92. The van der Waals surface area contributed by atoms with Gasteiger partial charge in [0.25, 0.3) is 0 Å². The van der Waals surface area contributed by atoms with Gasteiger partial charge in [0, 0.05) is 0 Å². The predicted molar refractivity (Wildman–Crippen MR) is 54.6 cm³/mol. The summed E-state index contributed by atoms with van der Waals surface area (Å²) in [7, 11) is 0. The molecule has 0 aromatic carbocycles. The predicted octanol–water partition coefficient (Wildman–Crippen LogP) is -1.72. The molecule has 0 radical (unpaired) electrons. The Hall–Kier alpha value is -1.24. The Bertz CT molecular complexity index is 373. The Labute approximate surface area is 97.5 Å². The number of hydrogen-bond donors (Lipinski definition) is 2. The van der Waals surface area contributed by atoms with Crippen molar-refractivity contribution in [3.8, 4) is 0 Å². The van der Waals surface area contributed by atoms with Crippen LogP contribution in [-0.4, -0.2) is 58.4 Å². The van der Waals surface area contributed by atoms with Crippen molar-refractivity contribution in [2.45, 2.75) is 18.2 Å². The molecule has 0 saturated carbocycles. The molecule has 92 valence electrons. The highest BCUT2D eigenvalue weighted by atomic mass is 16.5. The van der Waals surface area contributed by atoms with Gasteiger partial charge in [0.15, 0.2) is 0 Å². The van der Waals surface area contributed by atoms with E-state index in [0.717, 1.165) is 4.90 Å². The van der Waals surface area contributed by atoms with Gasteiger partial charge in [-0.3, -0.25) is 14.5 Å². The third kappa shape index (κ3) is 1.25. The van der Waals surface area contributed by atoms with E-state index in [1.54, 1.807) is 12.2 Å². The van der Waals surface area contributed by atoms with E-state index in [-0.39, 0.29) is 24.0 Å². The molecule has 0 aromatic rings. The van der Waals surface area contributed by atoms with Gasteiger partial charge < -0.3 is 14.9 Å². The number of aliphatic hydroxyl groups excluding tert-OH is 2. The van der Waals surface area contributed by atoms with Crippen LogP contribution in [0.3, 0.4) is 0 Å². The summed E-state index contributed by atoms with van der Waals surface area (Å²) in [5.74, 6) is -1.63. The van der Waals surface area contributed by atoms with E-state index in [4.69, 9.17) is 14.9 Å². The average molecular weight is 239 g/mol. The summed E-state index contributed by atoms with van der Waals surface area (Å²) in [6.07, 6.45) is 2.94. The molecule has 0 aromatic heterocycles. The molecule has 0 spiro atoms. The average Bonchev–Trinajstić information content (AvgIpc) is 2.98. The number of likely N-dealkylation sites (tertiary alicyclic amines) is 1. The maximum atomic E-state index is 12.1. The quantitative estimate of drug-likeness (QED) is 0.452. The van der Waals surface area contributed by atoms with Gasteiger partial charge in [-0.15, -0.1) is 0 Å². The maximum absolute atomic E-state index is 12.1. The van der Waals surface area contributed by atoms with Crippen LogP contribution in [0.15, 0.2) is 12.2 Å². The van der Waals surface area contributed by atoms with Crippen molar-refractivity contribution < 1.29 is 24.5 Å². The normalized spacial score (nSPS) is 38.6. The molecule has 3 rings (SSSR count). The molecular formula is C11H13NO5. The Morgan fingerprint density at radius 2 is 1.59 bits per heavy atom. The summed E-state index contributed by atoms with van der Waals surface area (Å²) in [6.45, 7) is -0.839. The number of ether oxygens (including phenoxy) is 1. The SMILES string of the molecule is O=C1C2C3C=CC(O3)C2C(=O)N1C(CO)CO. The van der Waals surface area contributed by atoms with Crippen LogP contribution in [0.5, 0.6) is 0 Å². The zero-order chi connectivity index (χ0) is 12.2. The molecule has 4 atom stereocenters. The number of nitrogens with zero attached hydrogens (tertiary/aromatic N) is 1. The smallest absolute Gasteiger partial charge is 0.236 e. The van der Waals surface area contributed by atoms with Crippen molar-refractivity contribution in [1.29, 1.82) is 0 Å². The molecule has 3 aliphatic heterocycles. The van der Waals surface area contributed by atoms with Crippen LogP contribution in [0.4, 0.5) is 0 Å². The fraction of sp³-hybridized carbons (Fsp3) is 0.636. The highest BCUT2D eigenvalue weighted by Crippen LogP contribution is 2.45. The zero-order valence-corrected chi connectivity index (χ0v) is 9.02. The van der Waals surface area contributed by atoms with Crippen molar-refractivity contribution in [3.05, 3.63) is 12.2 Å². The molecule has 2 fully saturated rings. The minimum atomic E-state index is -0.833. The van der Waals surface area contributed by atoms with Crippen molar-refractivity contribution in [2.24, 2.45) is 11.8 Å². The minimum Gasteiger partial charge on any atom is -0.394 e. The second kappa shape index (κ2) is 3.63. The van der Waals surface area contributed by atoms with E-state index in [2.05, 4.69) is 0 Å². The van der Waals surface area contributed by atoms with Crippen molar-refractivity contribution in [2.75, 3.05) is 13.2 Å². The number of carbonyl (C=O) groups excluding carboxylic acids is 2. The lowest BCUT2D eigenvalue weighted by Crippen LogP contribution is -2.46. The van der Waals surface area contributed by atoms with Gasteiger partial charge in [0.1, 0.15) is 0 Å². The monoisotopic (exact) mass is 239 g/mol. The number of hydrogen-bond acceptors (Lipinski definition) is 5. The van der Waals surface area contributed by atoms with Crippen LogP contribution < -0.4 is 0 Å². The molecule has 6 nitrogen and oxygen atoms in total. The van der Waals surface area contributed by atoms with Gasteiger partial charge in [-0.1, -0.05) is 12.2 Å². The summed E-state index contributed by atoms with van der Waals surface area (Å²) >= 11 is 0. The second-order valence-electron chi connectivity index (χ2n) is 4.57. The first kappa shape index (κ1) is 10.9. The molecule has 2 amide bonds. The summed E-state index contributed by atoms with van der Waals surface area (Å²) < 4.78 is 5.47. The number of fused-ring (bicyclic) bond motifs is 5. The first-order chi connectivity index (χ1) is 8.19. The van der Waals surface area contributed by atoms with Gasteiger partial charge in [-0.2, -0.15) is 0 Å². The number of imide groups is 1. The summed E-state index contributed by atoms with van der Waals surface area (Å²) in [5, 5.41) is 18.2. The fourth-order valence-corrected chi connectivity index (χ4v) is 2.91. The number of aliphatic hydroxyl groups is 2. The molecule has 4 unspecified atom stereocenters. The van der Waals surface area contributed by atoms with Crippen molar-refractivity contribution >= 4 is 11.8 Å². The lowest BCUT2D eigenvalue weighted by molar-refractivity contribution is -0.147. The van der Waals surface area contributed by atoms with Gasteiger partial charge in [-0.05, 0) is 0 Å². The first-order valence-electron chi connectivity index (χ1n) is 5.61. The maximum Gasteiger partial charge on any atom is 0.236 e. The van der Waals surface area contributed by atoms with Crippen molar-refractivity contribution in [3.63, 3.8) is 0 Å². The van der Waals surface area contributed by atoms with Gasteiger partial charge in [-0.25, -0.2) is 0 Å². The molecule has 2 N–H and O–H groups in total. The van der Waals surface area contributed by atoms with E-state index in [1.165, 1.54) is 0 Å². The van der Waals surface area contributed by atoms with Crippen LogP contribution in [0, 0.1) is 11.8 Å². The van der Waals surface area contributed by atoms with Gasteiger partial charge >= 0.3 is 0 Å². The van der Waals surface area contributed by atoms with E-state index in [0.29, 0.717) is 0 Å². The van der Waals surface area contributed by atoms with Crippen LogP contribution in [0.2, 0.25) is 0 Å². The van der Waals surface area contributed by atoms with Crippen LogP contribution in [-0.2, 0) is 14.3 Å². The molecule has 2 bridgehead atoms. The van der Waals surface area contributed by atoms with Crippen LogP contribution in [0.25, 0.3) is 0 Å². The molecule has 0 aliphatic carbocycles. The molecule has 17 heavy (non-hydrogen) atoms. The molecular weight excluding hydrogens is 226 g/mol. The number of rotatable bonds is 3. The minimum absolute atomic E-state index is 0.329. The third-order valence-electron chi connectivity index (χ3n) is 3.73. The molecule has 3 aliphatic rings. The molecule has 2 saturated heterocycles. The standard InChI is InChI=1S/C11H13NO5/c13-3-5(4-14)12-10(15)8-6-1-2-7(17-6)9(8)11(12)16/h1-2,5-9,13-14H,3-4H2. The molecule has 6 heteroatoms.